The van der Waals surface area contributed by atoms with Gasteiger partial charge in [-0.05, 0) is 13.8 Å². The smallest absolute Gasteiger partial charge is 0.326 e. The van der Waals surface area contributed by atoms with Crippen LogP contribution in [-0.4, -0.2) is 22.6 Å². The largest absolute Gasteiger partial charge is 0.340 e. The summed E-state index contributed by atoms with van der Waals surface area (Å²) < 4.78 is 1.48. The van der Waals surface area contributed by atoms with Gasteiger partial charge in [-0.2, -0.15) is 0 Å². The second kappa shape index (κ2) is 2.74. The van der Waals surface area contributed by atoms with Crippen molar-refractivity contribution in [2.24, 2.45) is 0 Å². The predicted molar refractivity (Wildman–Crippen MR) is 41.6 cm³/mol. The van der Waals surface area contributed by atoms with Crippen LogP contribution in [0.5, 0.6) is 0 Å². The molecule has 0 saturated carbocycles. The Labute approximate surface area is 65.2 Å². The third-order valence-electron chi connectivity index (χ3n) is 1.44. The Morgan fingerprint density at radius 3 is 2.64 bits per heavy atom. The van der Waals surface area contributed by atoms with Crippen LogP contribution in [0.25, 0.3) is 0 Å². The number of nitrogens with zero attached hydrogens (tertiary/aromatic N) is 2. The minimum absolute atomic E-state index is 0.150. The standard InChI is InChI=1S/C7H11N3O/c1-5-4-10(6(2)9-5)7(11)8-3/h4H,1-3H3,(H,8,11). The Bertz CT molecular complexity index is 277. The molecule has 0 saturated heterocycles. The molecular weight excluding hydrogens is 142 g/mol. The highest BCUT2D eigenvalue weighted by molar-refractivity contribution is 5.76. The van der Waals surface area contributed by atoms with E-state index in [0.717, 1.165) is 5.69 Å². The number of carbonyl (C=O) groups is 1. The molecule has 0 bridgehead atoms. The zero-order valence-electron chi connectivity index (χ0n) is 6.88. The maximum atomic E-state index is 11.1. The fraction of sp³-hybridized carbons (Fsp3) is 0.429. The molecule has 0 fully saturated rings. The number of rotatable bonds is 0. The summed E-state index contributed by atoms with van der Waals surface area (Å²) in [7, 11) is 1.59. The van der Waals surface area contributed by atoms with Gasteiger partial charge in [0.2, 0.25) is 0 Å². The number of carbonyl (C=O) groups excluding carboxylic acids is 1. The molecule has 4 heteroatoms. The van der Waals surface area contributed by atoms with Gasteiger partial charge in [-0.25, -0.2) is 9.78 Å². The number of amides is 1. The van der Waals surface area contributed by atoms with Crippen molar-refractivity contribution >= 4 is 6.03 Å². The average Bonchev–Trinajstić information content (AvgIpc) is 2.28. The Morgan fingerprint density at radius 1 is 1.64 bits per heavy atom. The van der Waals surface area contributed by atoms with Crippen LogP contribution < -0.4 is 5.32 Å². The topological polar surface area (TPSA) is 46.9 Å². The van der Waals surface area contributed by atoms with Crippen LogP contribution in [0.1, 0.15) is 11.5 Å². The summed E-state index contributed by atoms with van der Waals surface area (Å²) in [5, 5.41) is 2.52. The van der Waals surface area contributed by atoms with Crippen molar-refractivity contribution in [2.45, 2.75) is 13.8 Å². The summed E-state index contributed by atoms with van der Waals surface area (Å²) in [6, 6.07) is -0.150. The molecule has 0 unspecified atom stereocenters. The molecule has 0 aliphatic rings. The molecule has 11 heavy (non-hydrogen) atoms. The van der Waals surface area contributed by atoms with Crippen molar-refractivity contribution in [3.63, 3.8) is 0 Å². The van der Waals surface area contributed by atoms with Crippen LogP contribution in [0.15, 0.2) is 6.20 Å². The summed E-state index contributed by atoms with van der Waals surface area (Å²) in [4.78, 5) is 15.1. The first-order valence-electron chi connectivity index (χ1n) is 3.40. The van der Waals surface area contributed by atoms with Crippen molar-refractivity contribution in [1.82, 2.24) is 14.9 Å². The van der Waals surface area contributed by atoms with Gasteiger partial charge in [0.25, 0.3) is 0 Å². The summed E-state index contributed by atoms with van der Waals surface area (Å²) in [5.41, 5.74) is 0.853. The molecular formula is C7H11N3O. The molecule has 60 valence electrons. The van der Waals surface area contributed by atoms with Gasteiger partial charge in [-0.15, -0.1) is 0 Å². The lowest BCUT2D eigenvalue weighted by Crippen LogP contribution is -2.24. The minimum Gasteiger partial charge on any atom is -0.340 e. The van der Waals surface area contributed by atoms with Gasteiger partial charge in [0.15, 0.2) is 0 Å². The molecule has 0 atom stereocenters. The van der Waals surface area contributed by atoms with Crippen LogP contribution in [0.4, 0.5) is 4.79 Å². The SMILES string of the molecule is CNC(=O)n1cc(C)nc1C. The predicted octanol–water partition coefficient (Wildman–Crippen LogP) is 0.687. The van der Waals surface area contributed by atoms with Gasteiger partial charge in [-0.3, -0.25) is 4.57 Å². The zero-order chi connectivity index (χ0) is 8.43. The highest BCUT2D eigenvalue weighted by Gasteiger charge is 2.05. The lowest BCUT2D eigenvalue weighted by Gasteiger charge is -1.99. The van der Waals surface area contributed by atoms with Gasteiger partial charge in [0.1, 0.15) is 5.82 Å². The quantitative estimate of drug-likeness (QED) is 0.596. The van der Waals surface area contributed by atoms with Gasteiger partial charge < -0.3 is 5.32 Å². The van der Waals surface area contributed by atoms with Crippen molar-refractivity contribution < 1.29 is 4.79 Å². The highest BCUT2D eigenvalue weighted by Crippen LogP contribution is 1.99. The van der Waals surface area contributed by atoms with E-state index in [1.165, 1.54) is 4.57 Å². The second-order valence-electron chi connectivity index (χ2n) is 2.35. The van der Waals surface area contributed by atoms with Crippen LogP contribution in [0.2, 0.25) is 0 Å². The van der Waals surface area contributed by atoms with Crippen molar-refractivity contribution in [2.75, 3.05) is 7.05 Å². The van der Waals surface area contributed by atoms with E-state index in [-0.39, 0.29) is 6.03 Å². The van der Waals surface area contributed by atoms with E-state index in [0.29, 0.717) is 5.82 Å². The normalized spacial score (nSPS) is 9.73. The summed E-state index contributed by atoms with van der Waals surface area (Å²) >= 11 is 0. The molecule has 0 spiro atoms. The van der Waals surface area contributed by atoms with E-state index in [9.17, 15) is 4.79 Å². The van der Waals surface area contributed by atoms with E-state index < -0.39 is 0 Å². The highest BCUT2D eigenvalue weighted by atomic mass is 16.2. The molecule has 1 rings (SSSR count). The lowest BCUT2D eigenvalue weighted by atomic mass is 10.6. The monoisotopic (exact) mass is 153 g/mol. The van der Waals surface area contributed by atoms with Crippen molar-refractivity contribution in [3.05, 3.63) is 17.7 Å². The maximum absolute atomic E-state index is 11.1. The number of nitrogens with one attached hydrogen (secondary N) is 1. The zero-order valence-corrected chi connectivity index (χ0v) is 6.88. The first kappa shape index (κ1) is 7.78. The molecule has 0 aliphatic carbocycles. The number of hydrogen-bond donors (Lipinski definition) is 1. The average molecular weight is 153 g/mol. The molecule has 1 aromatic rings. The van der Waals surface area contributed by atoms with E-state index in [1.54, 1.807) is 20.2 Å². The van der Waals surface area contributed by atoms with Gasteiger partial charge in [0.05, 0.1) is 5.69 Å². The molecule has 1 N–H and O–H groups in total. The Balaban J connectivity index is 3.03. The first-order valence-corrected chi connectivity index (χ1v) is 3.40. The van der Waals surface area contributed by atoms with Crippen LogP contribution in [0, 0.1) is 13.8 Å². The minimum atomic E-state index is -0.150. The Kier molecular flexibility index (Phi) is 1.94. The fourth-order valence-corrected chi connectivity index (χ4v) is 0.944. The molecule has 4 nitrogen and oxygen atoms in total. The van der Waals surface area contributed by atoms with Gasteiger partial charge in [0, 0.05) is 13.2 Å². The molecule has 1 aromatic heterocycles. The molecule has 0 aliphatic heterocycles. The van der Waals surface area contributed by atoms with Crippen LogP contribution >= 0.6 is 0 Å². The number of imidazole rings is 1. The maximum Gasteiger partial charge on any atom is 0.326 e. The molecule has 1 amide bonds. The van der Waals surface area contributed by atoms with E-state index in [2.05, 4.69) is 10.3 Å². The molecule has 0 radical (unpaired) electrons. The van der Waals surface area contributed by atoms with E-state index in [4.69, 9.17) is 0 Å². The third-order valence-corrected chi connectivity index (χ3v) is 1.44. The summed E-state index contributed by atoms with van der Waals surface area (Å²) in [6.45, 7) is 3.65. The van der Waals surface area contributed by atoms with Crippen molar-refractivity contribution in [1.29, 1.82) is 0 Å². The third kappa shape index (κ3) is 1.39. The van der Waals surface area contributed by atoms with Crippen LogP contribution in [-0.2, 0) is 0 Å². The molecule has 0 aromatic carbocycles. The second-order valence-corrected chi connectivity index (χ2v) is 2.35. The fourth-order valence-electron chi connectivity index (χ4n) is 0.944. The Hall–Kier alpha value is -1.32. The first-order chi connectivity index (χ1) is 5.15. The van der Waals surface area contributed by atoms with Gasteiger partial charge >= 0.3 is 6.03 Å². The van der Waals surface area contributed by atoms with E-state index >= 15 is 0 Å². The number of aryl methyl sites for hydroxylation is 2. The number of hydrogen-bond acceptors (Lipinski definition) is 2. The van der Waals surface area contributed by atoms with Gasteiger partial charge in [-0.1, -0.05) is 0 Å². The summed E-state index contributed by atoms with van der Waals surface area (Å²) in [5.74, 6) is 0.710. The van der Waals surface area contributed by atoms with Crippen LogP contribution in [0.3, 0.4) is 0 Å². The lowest BCUT2D eigenvalue weighted by molar-refractivity contribution is 0.244. The van der Waals surface area contributed by atoms with E-state index in [1.807, 2.05) is 6.92 Å². The van der Waals surface area contributed by atoms with Crippen molar-refractivity contribution in [3.8, 4) is 0 Å². The molecule has 1 heterocycles. The Morgan fingerprint density at radius 2 is 2.27 bits per heavy atom. The number of aromatic nitrogens is 2. The summed E-state index contributed by atoms with van der Waals surface area (Å²) in [6.07, 6.45) is 1.70.